The molecule has 4 rings (SSSR count). The molecule has 2 atom stereocenters. The fourth-order valence-electron chi connectivity index (χ4n) is 4.02. The largest absolute Gasteiger partial charge is 0.343 e. The number of aromatic amines is 1. The van der Waals surface area contributed by atoms with E-state index in [4.69, 9.17) is 10.1 Å². The monoisotopic (exact) mass is 453 g/mol. The van der Waals surface area contributed by atoms with Gasteiger partial charge >= 0.3 is 0 Å². The van der Waals surface area contributed by atoms with Crippen molar-refractivity contribution in [2.45, 2.75) is 39.5 Å². The first-order valence-electron chi connectivity index (χ1n) is 10.9. The number of nitrogens with one attached hydrogen (secondary N) is 2. The van der Waals surface area contributed by atoms with Crippen molar-refractivity contribution in [2.75, 3.05) is 19.6 Å². The first-order valence-corrected chi connectivity index (χ1v) is 10.9. The minimum Gasteiger partial charge on any atom is -0.343 e. The zero-order valence-corrected chi connectivity index (χ0v) is 19.0. The van der Waals surface area contributed by atoms with Crippen LogP contribution in [0.3, 0.4) is 0 Å². The molecule has 2 aliphatic heterocycles. The van der Waals surface area contributed by atoms with Crippen LogP contribution in [0.5, 0.6) is 0 Å². The molecule has 2 amide bonds. The highest BCUT2D eigenvalue weighted by molar-refractivity contribution is 6.08. The van der Waals surface area contributed by atoms with Crippen molar-refractivity contribution in [3.63, 3.8) is 0 Å². The molecule has 0 aliphatic carbocycles. The van der Waals surface area contributed by atoms with Crippen LogP contribution in [0.1, 0.15) is 49.1 Å². The number of carbonyl (C=O) groups excluding carboxylic acids is 2. The van der Waals surface area contributed by atoms with Crippen LogP contribution in [0.2, 0.25) is 0 Å². The Balaban J connectivity index is 1.37. The number of benzene rings is 1. The van der Waals surface area contributed by atoms with E-state index in [0.717, 1.165) is 0 Å². The van der Waals surface area contributed by atoms with Crippen molar-refractivity contribution in [3.05, 3.63) is 59.4 Å². The normalized spacial score (nSPS) is 21.0. The number of hydrogen-bond donors (Lipinski definition) is 2. The first-order chi connectivity index (χ1) is 15.6. The Morgan fingerprint density at radius 2 is 2.03 bits per heavy atom. The van der Waals surface area contributed by atoms with Crippen LogP contribution in [0.4, 0.5) is 4.39 Å². The second kappa shape index (κ2) is 8.90. The van der Waals surface area contributed by atoms with E-state index in [1.54, 1.807) is 15.9 Å². The van der Waals surface area contributed by atoms with Gasteiger partial charge in [-0.3, -0.25) is 9.59 Å². The molecular weight excluding hydrogens is 425 g/mol. The number of carbonyl (C=O) groups is 2. The number of rotatable bonds is 5. The van der Waals surface area contributed by atoms with E-state index in [0.29, 0.717) is 43.1 Å². The minimum absolute atomic E-state index is 0.000379. The van der Waals surface area contributed by atoms with Gasteiger partial charge < -0.3 is 24.9 Å². The van der Waals surface area contributed by atoms with E-state index < -0.39 is 12.3 Å². The molecule has 2 N–H and O–H groups in total. The van der Waals surface area contributed by atoms with Gasteiger partial charge in [-0.1, -0.05) is 20.8 Å². The number of fused-ring (bicyclic) bond motifs is 1. The number of allylic oxidation sites excluding steroid dienone is 1. The molecule has 9 heteroatoms. The summed E-state index contributed by atoms with van der Waals surface area (Å²) < 4.78 is 19.0. The molecule has 1 aromatic heterocycles. The van der Waals surface area contributed by atoms with E-state index in [1.807, 2.05) is 0 Å². The van der Waals surface area contributed by atoms with Crippen LogP contribution >= 0.6 is 0 Å². The van der Waals surface area contributed by atoms with E-state index >= 15 is 0 Å². The second-order valence-electron chi connectivity index (χ2n) is 9.56. The smallest absolute Gasteiger partial charge is 0.272 e. The first kappa shape index (κ1) is 22.8. The predicted octanol–water partition coefficient (Wildman–Crippen LogP) is 3.08. The van der Waals surface area contributed by atoms with Crippen LogP contribution in [0, 0.1) is 16.6 Å². The van der Waals surface area contributed by atoms with Crippen molar-refractivity contribution < 1.29 is 18.7 Å². The van der Waals surface area contributed by atoms with Gasteiger partial charge in [-0.15, -0.1) is 0 Å². The standard InChI is InChI=1S/C24H28FN5O3/c1-24(2,3)12-19-23(32)30-11-10-29(14-21(30)33-19)22(31)18-13-27-20(28-18)9-8-17(26)15-4-6-16(25)7-5-15/h4-9,13,19,21,26H,10-12,14H2,1-3H3,(H,27,28)/b9-8-,26-17?/t19-,21+/m1/s1. The third-order valence-electron chi connectivity index (χ3n) is 5.69. The number of halogens is 1. The van der Waals surface area contributed by atoms with Gasteiger partial charge in [0.2, 0.25) is 0 Å². The van der Waals surface area contributed by atoms with Crippen molar-refractivity contribution >= 4 is 23.6 Å². The Morgan fingerprint density at radius 1 is 1.30 bits per heavy atom. The summed E-state index contributed by atoms with van der Waals surface area (Å²) in [6, 6.07) is 5.66. The molecule has 1 aromatic carbocycles. The molecule has 8 nitrogen and oxygen atoms in total. The Hall–Kier alpha value is -3.33. The van der Waals surface area contributed by atoms with Gasteiger partial charge in [0.1, 0.15) is 23.4 Å². The summed E-state index contributed by atoms with van der Waals surface area (Å²) in [5.74, 6) is -0.144. The van der Waals surface area contributed by atoms with Gasteiger partial charge in [0, 0.05) is 13.1 Å². The Morgan fingerprint density at radius 3 is 2.73 bits per heavy atom. The average molecular weight is 454 g/mol. The zero-order chi connectivity index (χ0) is 23.8. The minimum atomic E-state index is -0.467. The molecule has 0 bridgehead atoms. The number of aromatic nitrogens is 2. The fourth-order valence-corrected chi connectivity index (χ4v) is 4.02. The maximum Gasteiger partial charge on any atom is 0.272 e. The number of hydrogen-bond acceptors (Lipinski definition) is 5. The summed E-state index contributed by atoms with van der Waals surface area (Å²) in [5.41, 5.74) is 1.07. The third-order valence-corrected chi connectivity index (χ3v) is 5.69. The van der Waals surface area contributed by atoms with Crippen molar-refractivity contribution in [2.24, 2.45) is 5.41 Å². The summed E-state index contributed by atoms with van der Waals surface area (Å²) in [7, 11) is 0. The Bertz CT molecular complexity index is 1090. The number of amides is 2. The van der Waals surface area contributed by atoms with E-state index in [9.17, 15) is 14.0 Å². The molecular formula is C24H28FN5O3. The molecule has 0 spiro atoms. The lowest BCUT2D eigenvalue weighted by Gasteiger charge is -2.35. The van der Waals surface area contributed by atoms with Gasteiger partial charge in [-0.05, 0) is 53.8 Å². The van der Waals surface area contributed by atoms with Gasteiger partial charge in [0.05, 0.1) is 18.5 Å². The van der Waals surface area contributed by atoms with Crippen LogP contribution < -0.4 is 0 Å². The average Bonchev–Trinajstić information content (AvgIpc) is 3.35. The van der Waals surface area contributed by atoms with Gasteiger partial charge in [0.25, 0.3) is 11.8 Å². The van der Waals surface area contributed by atoms with Gasteiger partial charge in [-0.25, -0.2) is 9.37 Å². The summed E-state index contributed by atoms with van der Waals surface area (Å²) in [5, 5.41) is 8.08. The summed E-state index contributed by atoms with van der Waals surface area (Å²) in [6.07, 6.45) is 4.32. The lowest BCUT2D eigenvalue weighted by atomic mass is 9.89. The van der Waals surface area contributed by atoms with Crippen LogP contribution in [-0.4, -0.2) is 69.3 Å². The van der Waals surface area contributed by atoms with Crippen LogP contribution in [0.15, 0.2) is 36.5 Å². The Labute approximate surface area is 191 Å². The molecule has 3 heterocycles. The van der Waals surface area contributed by atoms with Crippen LogP contribution in [-0.2, 0) is 9.53 Å². The lowest BCUT2D eigenvalue weighted by molar-refractivity contribution is -0.132. The molecule has 174 valence electrons. The van der Waals surface area contributed by atoms with E-state index in [2.05, 4.69) is 30.7 Å². The van der Waals surface area contributed by atoms with Crippen molar-refractivity contribution in [1.82, 2.24) is 19.8 Å². The van der Waals surface area contributed by atoms with E-state index in [1.165, 1.54) is 36.5 Å². The highest BCUT2D eigenvalue weighted by atomic mass is 19.1. The quantitative estimate of drug-likeness (QED) is 0.679. The number of piperazine rings is 1. The number of nitrogens with zero attached hydrogens (tertiary/aromatic N) is 3. The summed E-state index contributed by atoms with van der Waals surface area (Å²) in [6.45, 7) is 7.38. The maximum atomic E-state index is 13.0. The third kappa shape index (κ3) is 5.19. The topological polar surface area (TPSA) is 102 Å². The van der Waals surface area contributed by atoms with E-state index in [-0.39, 0.29) is 28.8 Å². The van der Waals surface area contributed by atoms with Crippen molar-refractivity contribution in [1.29, 1.82) is 5.41 Å². The molecule has 0 radical (unpaired) electrons. The Kier molecular flexibility index (Phi) is 6.16. The molecule has 2 saturated heterocycles. The highest BCUT2D eigenvalue weighted by Crippen LogP contribution is 2.30. The molecule has 0 saturated carbocycles. The van der Waals surface area contributed by atoms with Crippen molar-refractivity contribution in [3.8, 4) is 0 Å². The lowest BCUT2D eigenvalue weighted by Crippen LogP contribution is -2.53. The SMILES string of the molecule is CC(C)(C)C[C@H]1O[C@H]2CN(C(=O)c3cnc(/C=C\C(=N)c4ccc(F)cc4)[nH]3)CCN2C1=O. The zero-order valence-electron chi connectivity index (χ0n) is 19.0. The van der Waals surface area contributed by atoms with Crippen LogP contribution in [0.25, 0.3) is 6.08 Å². The molecule has 0 unspecified atom stereocenters. The highest BCUT2D eigenvalue weighted by Gasteiger charge is 2.45. The maximum absolute atomic E-state index is 13.0. The second-order valence-corrected chi connectivity index (χ2v) is 9.56. The molecule has 33 heavy (non-hydrogen) atoms. The summed E-state index contributed by atoms with van der Waals surface area (Å²) in [4.78, 5) is 36.2. The fraction of sp³-hybridized carbons (Fsp3) is 0.417. The van der Waals surface area contributed by atoms with Gasteiger partial charge in [0.15, 0.2) is 6.23 Å². The molecule has 2 aromatic rings. The predicted molar refractivity (Wildman–Crippen MR) is 121 cm³/mol. The number of imidazole rings is 1. The summed E-state index contributed by atoms with van der Waals surface area (Å²) >= 11 is 0. The molecule has 2 fully saturated rings. The molecule has 2 aliphatic rings. The number of ether oxygens (including phenoxy) is 1. The van der Waals surface area contributed by atoms with Gasteiger partial charge in [-0.2, -0.15) is 0 Å². The number of H-pyrrole nitrogens is 1.